The van der Waals surface area contributed by atoms with Crippen LogP contribution in [0.15, 0.2) is 58.2 Å². The van der Waals surface area contributed by atoms with Crippen LogP contribution >= 0.6 is 0 Å². The van der Waals surface area contributed by atoms with Crippen molar-refractivity contribution in [1.29, 1.82) is 0 Å². The highest BCUT2D eigenvalue weighted by atomic mass is 16.3. The van der Waals surface area contributed by atoms with E-state index in [0.29, 0.717) is 24.6 Å². The van der Waals surface area contributed by atoms with Crippen LogP contribution in [0, 0.1) is 13.8 Å². The Morgan fingerprint density at radius 2 is 2.00 bits per heavy atom. The van der Waals surface area contributed by atoms with Crippen molar-refractivity contribution in [3.8, 4) is 5.69 Å². The number of rotatable bonds is 6. The van der Waals surface area contributed by atoms with E-state index in [1.807, 2.05) is 32.0 Å². The Kier molecular flexibility index (Phi) is 4.99. The van der Waals surface area contributed by atoms with E-state index in [9.17, 15) is 9.59 Å². The lowest BCUT2D eigenvalue weighted by molar-refractivity contribution is -0.121. The number of hydrogen-bond acceptors (Lipinski definition) is 5. The van der Waals surface area contributed by atoms with Gasteiger partial charge in [0.2, 0.25) is 11.6 Å². The number of hydrogen-bond donors (Lipinski definition) is 1. The minimum atomic E-state index is -0.253. The van der Waals surface area contributed by atoms with Crippen molar-refractivity contribution in [2.45, 2.75) is 33.2 Å². The fourth-order valence-electron chi connectivity index (χ4n) is 3.10. The maximum atomic E-state index is 12.9. The molecule has 0 saturated carbocycles. The van der Waals surface area contributed by atoms with Gasteiger partial charge in [0.1, 0.15) is 11.6 Å². The summed E-state index contributed by atoms with van der Waals surface area (Å²) in [6, 6.07) is 9.42. The van der Waals surface area contributed by atoms with Crippen LogP contribution in [-0.2, 0) is 17.8 Å². The number of furan rings is 1. The number of benzene rings is 1. The number of amides is 1. The molecule has 0 aliphatic heterocycles. The molecular weight excluding hydrogens is 370 g/mol. The summed E-state index contributed by atoms with van der Waals surface area (Å²) >= 11 is 0. The third-order valence-corrected chi connectivity index (χ3v) is 4.93. The van der Waals surface area contributed by atoms with Gasteiger partial charge in [-0.25, -0.2) is 0 Å². The fraction of sp³-hybridized carbons (Fsp3) is 0.238. The van der Waals surface area contributed by atoms with Crippen LogP contribution < -0.4 is 10.9 Å². The van der Waals surface area contributed by atoms with Crippen LogP contribution in [0.4, 0.5) is 0 Å². The standard InChI is InChI=1S/C21H21N5O3/c1-14-5-6-16(12-15(14)2)25-9-10-26-18(23-24-20(26)21(25)28)7-8-19(27)22-13-17-4-3-11-29-17/h3-6,9-12H,7-8,13H2,1-2H3,(H,22,27). The quantitative estimate of drug-likeness (QED) is 0.544. The van der Waals surface area contributed by atoms with Gasteiger partial charge in [0.15, 0.2) is 0 Å². The summed E-state index contributed by atoms with van der Waals surface area (Å²) in [6.07, 6.45) is 5.62. The second kappa shape index (κ2) is 7.75. The maximum Gasteiger partial charge on any atom is 0.300 e. The highest BCUT2D eigenvalue weighted by Gasteiger charge is 2.13. The predicted octanol–water partition coefficient (Wildman–Crippen LogP) is 2.34. The Hall–Kier alpha value is -3.68. The predicted molar refractivity (Wildman–Crippen MR) is 107 cm³/mol. The van der Waals surface area contributed by atoms with Gasteiger partial charge in [-0.05, 0) is 49.2 Å². The first-order chi connectivity index (χ1) is 14.0. The van der Waals surface area contributed by atoms with Crippen molar-refractivity contribution >= 4 is 11.6 Å². The second-order valence-corrected chi connectivity index (χ2v) is 6.91. The Balaban J connectivity index is 1.50. The molecule has 1 N–H and O–H groups in total. The zero-order valence-electron chi connectivity index (χ0n) is 16.3. The molecule has 4 rings (SSSR count). The third kappa shape index (κ3) is 3.82. The van der Waals surface area contributed by atoms with Crippen LogP contribution in [0.1, 0.15) is 29.1 Å². The molecule has 29 heavy (non-hydrogen) atoms. The zero-order chi connectivity index (χ0) is 20.4. The van der Waals surface area contributed by atoms with Crippen LogP contribution in [0.2, 0.25) is 0 Å². The summed E-state index contributed by atoms with van der Waals surface area (Å²) in [7, 11) is 0. The summed E-state index contributed by atoms with van der Waals surface area (Å²) in [5, 5.41) is 10.9. The normalized spacial score (nSPS) is 11.1. The number of fused-ring (bicyclic) bond motifs is 1. The van der Waals surface area contributed by atoms with E-state index in [1.54, 1.807) is 39.8 Å². The van der Waals surface area contributed by atoms with Gasteiger partial charge in [0, 0.05) is 30.9 Å². The summed E-state index contributed by atoms with van der Waals surface area (Å²) < 4.78 is 8.38. The second-order valence-electron chi connectivity index (χ2n) is 6.91. The highest BCUT2D eigenvalue weighted by molar-refractivity contribution is 5.76. The van der Waals surface area contributed by atoms with Gasteiger partial charge in [-0.3, -0.25) is 18.6 Å². The van der Waals surface area contributed by atoms with Crippen LogP contribution in [0.5, 0.6) is 0 Å². The minimum absolute atomic E-state index is 0.123. The summed E-state index contributed by atoms with van der Waals surface area (Å²) in [5.74, 6) is 1.14. The maximum absolute atomic E-state index is 12.9. The molecule has 0 aliphatic rings. The van der Waals surface area contributed by atoms with Crippen molar-refractivity contribution in [3.05, 3.63) is 82.1 Å². The van der Waals surface area contributed by atoms with Gasteiger partial charge >= 0.3 is 5.56 Å². The van der Waals surface area contributed by atoms with E-state index >= 15 is 0 Å². The Morgan fingerprint density at radius 3 is 2.76 bits per heavy atom. The van der Waals surface area contributed by atoms with Crippen molar-refractivity contribution in [1.82, 2.24) is 24.5 Å². The minimum Gasteiger partial charge on any atom is -0.467 e. The third-order valence-electron chi connectivity index (χ3n) is 4.93. The summed E-state index contributed by atoms with van der Waals surface area (Å²) in [5.41, 5.74) is 3.03. The lowest BCUT2D eigenvalue weighted by atomic mass is 10.1. The SMILES string of the molecule is Cc1ccc(-n2ccn3c(CCC(=O)NCc4ccco4)nnc3c2=O)cc1C. The molecule has 0 atom stereocenters. The summed E-state index contributed by atoms with van der Waals surface area (Å²) in [6.45, 7) is 4.38. The van der Waals surface area contributed by atoms with Gasteiger partial charge in [0.25, 0.3) is 0 Å². The number of carbonyl (C=O) groups is 1. The molecule has 0 spiro atoms. The van der Waals surface area contributed by atoms with Gasteiger partial charge in [-0.1, -0.05) is 6.07 Å². The number of aryl methyl sites for hydroxylation is 3. The van der Waals surface area contributed by atoms with Gasteiger partial charge in [-0.2, -0.15) is 0 Å². The number of nitrogens with zero attached hydrogens (tertiary/aromatic N) is 4. The molecule has 1 aromatic carbocycles. The van der Waals surface area contributed by atoms with Crippen molar-refractivity contribution in [2.24, 2.45) is 0 Å². The van der Waals surface area contributed by atoms with E-state index in [2.05, 4.69) is 15.5 Å². The first kappa shape index (κ1) is 18.7. The molecule has 0 fully saturated rings. The molecule has 3 heterocycles. The van der Waals surface area contributed by atoms with Crippen molar-refractivity contribution < 1.29 is 9.21 Å². The van der Waals surface area contributed by atoms with Crippen molar-refractivity contribution in [3.63, 3.8) is 0 Å². The Morgan fingerprint density at radius 1 is 1.14 bits per heavy atom. The Bertz CT molecular complexity index is 1220. The number of aromatic nitrogens is 4. The van der Waals surface area contributed by atoms with Crippen molar-refractivity contribution in [2.75, 3.05) is 0 Å². The first-order valence-corrected chi connectivity index (χ1v) is 9.35. The Labute approximate surface area is 166 Å². The molecule has 0 bridgehead atoms. The van der Waals surface area contributed by atoms with Gasteiger partial charge in [0.05, 0.1) is 12.8 Å². The van der Waals surface area contributed by atoms with E-state index < -0.39 is 0 Å². The highest BCUT2D eigenvalue weighted by Crippen LogP contribution is 2.13. The monoisotopic (exact) mass is 391 g/mol. The van der Waals surface area contributed by atoms with Crippen LogP contribution in [-0.4, -0.2) is 25.1 Å². The van der Waals surface area contributed by atoms with Crippen LogP contribution in [0.3, 0.4) is 0 Å². The summed E-state index contributed by atoms with van der Waals surface area (Å²) in [4.78, 5) is 24.9. The number of carbonyl (C=O) groups excluding carboxylic acids is 1. The topological polar surface area (TPSA) is 94.4 Å². The molecule has 1 amide bonds. The molecular formula is C21H21N5O3. The van der Waals surface area contributed by atoms with Gasteiger partial charge < -0.3 is 9.73 Å². The molecule has 0 aliphatic carbocycles. The van der Waals surface area contributed by atoms with E-state index in [4.69, 9.17) is 4.42 Å². The molecule has 148 valence electrons. The first-order valence-electron chi connectivity index (χ1n) is 9.35. The van der Waals surface area contributed by atoms with Crippen LogP contribution in [0.25, 0.3) is 11.3 Å². The van der Waals surface area contributed by atoms with Gasteiger partial charge in [-0.15, -0.1) is 10.2 Å². The molecule has 0 saturated heterocycles. The zero-order valence-corrected chi connectivity index (χ0v) is 16.3. The molecule has 8 heteroatoms. The molecule has 3 aromatic heterocycles. The lowest BCUT2D eigenvalue weighted by Crippen LogP contribution is -2.23. The molecule has 0 unspecified atom stereocenters. The number of nitrogens with one attached hydrogen (secondary N) is 1. The van der Waals surface area contributed by atoms with E-state index in [1.165, 1.54) is 0 Å². The molecule has 8 nitrogen and oxygen atoms in total. The lowest BCUT2D eigenvalue weighted by Gasteiger charge is -2.09. The van der Waals surface area contributed by atoms with E-state index in [0.717, 1.165) is 16.8 Å². The largest absolute Gasteiger partial charge is 0.467 e. The molecule has 4 aromatic rings. The molecule has 0 radical (unpaired) electrons. The van der Waals surface area contributed by atoms with E-state index in [-0.39, 0.29) is 23.5 Å². The average Bonchev–Trinajstić information content (AvgIpc) is 3.37. The fourth-order valence-corrected chi connectivity index (χ4v) is 3.10. The average molecular weight is 391 g/mol. The smallest absolute Gasteiger partial charge is 0.300 e.